The number of hydrogen-bond donors (Lipinski definition) is 2. The lowest BCUT2D eigenvalue weighted by molar-refractivity contribution is -0.115. The van der Waals surface area contributed by atoms with E-state index in [9.17, 15) is 9.18 Å². The summed E-state index contributed by atoms with van der Waals surface area (Å²) in [5.74, 6) is 0.436. The largest absolute Gasteiger partial charge is 0.492 e. The highest BCUT2D eigenvalue weighted by atomic mass is 19.1. The van der Waals surface area contributed by atoms with Crippen LogP contribution in [-0.2, 0) is 11.2 Å². The van der Waals surface area contributed by atoms with E-state index in [4.69, 9.17) is 4.74 Å². The van der Waals surface area contributed by atoms with Crippen LogP contribution in [0.2, 0.25) is 0 Å². The molecule has 6 heteroatoms. The summed E-state index contributed by atoms with van der Waals surface area (Å²) in [6, 6.07) is 17.3. The van der Waals surface area contributed by atoms with Gasteiger partial charge in [-0.3, -0.25) is 4.79 Å². The van der Waals surface area contributed by atoms with Gasteiger partial charge in [-0.15, -0.1) is 0 Å². The van der Waals surface area contributed by atoms with E-state index in [0.29, 0.717) is 18.0 Å². The molecule has 138 valence electrons. The van der Waals surface area contributed by atoms with Crippen LogP contribution < -0.4 is 15.4 Å². The summed E-state index contributed by atoms with van der Waals surface area (Å²) in [6.45, 7) is 2.50. The average Bonchev–Trinajstić information content (AvgIpc) is 2.67. The second-order valence-corrected chi connectivity index (χ2v) is 5.80. The van der Waals surface area contributed by atoms with Crippen molar-refractivity contribution in [1.82, 2.24) is 4.98 Å². The normalized spacial score (nSPS) is 10.3. The number of hydrogen-bond acceptors (Lipinski definition) is 4. The van der Waals surface area contributed by atoms with E-state index in [2.05, 4.69) is 15.6 Å². The van der Waals surface area contributed by atoms with Crippen LogP contribution in [0.15, 0.2) is 66.9 Å². The fourth-order valence-corrected chi connectivity index (χ4v) is 2.55. The van der Waals surface area contributed by atoms with Gasteiger partial charge in [0.05, 0.1) is 30.6 Å². The number of carbonyl (C=O) groups is 1. The monoisotopic (exact) mass is 365 g/mol. The van der Waals surface area contributed by atoms with Gasteiger partial charge in [0.2, 0.25) is 5.91 Å². The van der Waals surface area contributed by atoms with Crippen molar-refractivity contribution in [2.75, 3.05) is 17.2 Å². The molecule has 1 aromatic heterocycles. The van der Waals surface area contributed by atoms with Gasteiger partial charge in [-0.1, -0.05) is 30.3 Å². The fourth-order valence-electron chi connectivity index (χ4n) is 2.55. The van der Waals surface area contributed by atoms with Gasteiger partial charge in [0.25, 0.3) is 0 Å². The van der Waals surface area contributed by atoms with Crippen LogP contribution in [0.4, 0.5) is 21.6 Å². The first-order chi connectivity index (χ1) is 13.2. The standard InChI is InChI=1S/C21H20FN3O2/c1-2-27-19-10-6-5-9-18(19)24-16-11-12-20(23-14-16)25-21(26)13-15-7-3-4-8-17(15)22/h3-12,14,24H,2,13H2,1H3,(H,23,25,26). The second-order valence-electron chi connectivity index (χ2n) is 5.80. The number of aromatic nitrogens is 1. The number of benzene rings is 2. The average molecular weight is 365 g/mol. The first-order valence-corrected chi connectivity index (χ1v) is 8.64. The topological polar surface area (TPSA) is 63.2 Å². The van der Waals surface area contributed by atoms with Crippen LogP contribution in [0.25, 0.3) is 0 Å². The zero-order valence-electron chi connectivity index (χ0n) is 14.9. The molecule has 0 aliphatic heterocycles. The number of para-hydroxylation sites is 2. The molecule has 0 bridgehead atoms. The molecular formula is C21H20FN3O2. The van der Waals surface area contributed by atoms with Crippen LogP contribution >= 0.6 is 0 Å². The predicted octanol–water partition coefficient (Wildman–Crippen LogP) is 4.54. The molecule has 0 saturated carbocycles. The van der Waals surface area contributed by atoms with E-state index in [1.54, 1.807) is 36.5 Å². The van der Waals surface area contributed by atoms with Gasteiger partial charge in [-0.2, -0.15) is 0 Å². The first-order valence-electron chi connectivity index (χ1n) is 8.64. The molecule has 2 aromatic carbocycles. The first kappa shape index (κ1) is 18.4. The van der Waals surface area contributed by atoms with E-state index in [1.807, 2.05) is 31.2 Å². The van der Waals surface area contributed by atoms with E-state index in [0.717, 1.165) is 17.1 Å². The molecule has 3 rings (SSSR count). The minimum absolute atomic E-state index is 0.0455. The molecule has 0 unspecified atom stereocenters. The molecule has 0 aliphatic carbocycles. The molecule has 1 heterocycles. The van der Waals surface area contributed by atoms with E-state index >= 15 is 0 Å². The summed E-state index contributed by atoms with van der Waals surface area (Å²) in [7, 11) is 0. The van der Waals surface area contributed by atoms with Gasteiger partial charge in [0, 0.05) is 0 Å². The van der Waals surface area contributed by atoms with Crippen LogP contribution in [0.1, 0.15) is 12.5 Å². The molecular weight excluding hydrogens is 345 g/mol. The highest BCUT2D eigenvalue weighted by molar-refractivity contribution is 5.91. The highest BCUT2D eigenvalue weighted by Crippen LogP contribution is 2.27. The Morgan fingerprint density at radius 2 is 1.85 bits per heavy atom. The maximum Gasteiger partial charge on any atom is 0.230 e. The van der Waals surface area contributed by atoms with Crippen molar-refractivity contribution in [2.45, 2.75) is 13.3 Å². The van der Waals surface area contributed by atoms with Gasteiger partial charge in [0.1, 0.15) is 17.4 Å². The summed E-state index contributed by atoms with van der Waals surface area (Å²) in [6.07, 6.45) is 1.57. The van der Waals surface area contributed by atoms with Crippen molar-refractivity contribution in [3.05, 3.63) is 78.2 Å². The lowest BCUT2D eigenvalue weighted by Gasteiger charge is -2.12. The van der Waals surface area contributed by atoms with E-state index in [1.165, 1.54) is 6.07 Å². The van der Waals surface area contributed by atoms with Crippen LogP contribution in [-0.4, -0.2) is 17.5 Å². The third-order valence-electron chi connectivity index (χ3n) is 3.81. The van der Waals surface area contributed by atoms with Gasteiger partial charge in [-0.25, -0.2) is 9.37 Å². The number of halogens is 1. The van der Waals surface area contributed by atoms with Crippen LogP contribution in [0.5, 0.6) is 5.75 Å². The number of amides is 1. The molecule has 5 nitrogen and oxygen atoms in total. The molecule has 1 amide bonds. The number of anilines is 3. The van der Waals surface area contributed by atoms with Crippen molar-refractivity contribution < 1.29 is 13.9 Å². The Kier molecular flexibility index (Phi) is 5.99. The lowest BCUT2D eigenvalue weighted by atomic mass is 10.1. The van der Waals surface area contributed by atoms with Gasteiger partial charge in [-0.05, 0) is 42.8 Å². The zero-order chi connectivity index (χ0) is 19.1. The summed E-state index contributed by atoms with van der Waals surface area (Å²) >= 11 is 0. The molecule has 0 spiro atoms. The molecule has 0 saturated heterocycles. The predicted molar refractivity (Wildman–Crippen MR) is 104 cm³/mol. The summed E-state index contributed by atoms with van der Waals surface area (Å²) in [4.78, 5) is 16.3. The number of carbonyl (C=O) groups excluding carboxylic acids is 1. The molecule has 0 aliphatic rings. The summed E-state index contributed by atoms with van der Waals surface area (Å²) in [5, 5.41) is 5.91. The van der Waals surface area contributed by atoms with Gasteiger partial charge >= 0.3 is 0 Å². The Morgan fingerprint density at radius 1 is 1.07 bits per heavy atom. The van der Waals surface area contributed by atoms with Crippen molar-refractivity contribution in [2.24, 2.45) is 0 Å². The maximum absolute atomic E-state index is 13.6. The van der Waals surface area contributed by atoms with E-state index < -0.39 is 5.82 Å². The van der Waals surface area contributed by atoms with Gasteiger partial charge in [0.15, 0.2) is 0 Å². The Balaban J connectivity index is 1.62. The van der Waals surface area contributed by atoms with Gasteiger partial charge < -0.3 is 15.4 Å². The molecule has 0 atom stereocenters. The van der Waals surface area contributed by atoms with Crippen molar-refractivity contribution >= 4 is 23.1 Å². The highest BCUT2D eigenvalue weighted by Gasteiger charge is 2.09. The Hall–Kier alpha value is -3.41. The van der Waals surface area contributed by atoms with Crippen molar-refractivity contribution in [3.63, 3.8) is 0 Å². The smallest absolute Gasteiger partial charge is 0.230 e. The Labute approximate surface area is 157 Å². The molecule has 3 aromatic rings. The quantitative estimate of drug-likeness (QED) is 0.645. The minimum atomic E-state index is -0.395. The number of rotatable bonds is 7. The molecule has 2 N–H and O–H groups in total. The summed E-state index contributed by atoms with van der Waals surface area (Å²) < 4.78 is 19.2. The van der Waals surface area contributed by atoms with Crippen molar-refractivity contribution in [1.29, 1.82) is 0 Å². The molecule has 27 heavy (non-hydrogen) atoms. The lowest BCUT2D eigenvalue weighted by Crippen LogP contribution is -2.16. The fraction of sp³-hybridized carbons (Fsp3) is 0.143. The molecule has 0 fully saturated rings. The Bertz CT molecular complexity index is 913. The van der Waals surface area contributed by atoms with E-state index in [-0.39, 0.29) is 12.3 Å². The molecule has 0 radical (unpaired) electrons. The zero-order valence-corrected chi connectivity index (χ0v) is 14.9. The second kappa shape index (κ2) is 8.80. The third-order valence-corrected chi connectivity index (χ3v) is 3.81. The van der Waals surface area contributed by atoms with Crippen LogP contribution in [0, 0.1) is 5.82 Å². The third kappa shape index (κ3) is 5.04. The van der Waals surface area contributed by atoms with Crippen LogP contribution in [0.3, 0.4) is 0 Å². The number of nitrogens with one attached hydrogen (secondary N) is 2. The van der Waals surface area contributed by atoms with Crippen molar-refractivity contribution in [3.8, 4) is 5.75 Å². The number of pyridine rings is 1. The Morgan fingerprint density at radius 3 is 2.59 bits per heavy atom. The maximum atomic E-state index is 13.6. The number of nitrogens with zero attached hydrogens (tertiary/aromatic N) is 1. The minimum Gasteiger partial charge on any atom is -0.492 e. The summed E-state index contributed by atoms with van der Waals surface area (Å²) in [5.41, 5.74) is 1.94. The SMILES string of the molecule is CCOc1ccccc1Nc1ccc(NC(=O)Cc2ccccc2F)nc1. The number of ether oxygens (including phenoxy) is 1.